The van der Waals surface area contributed by atoms with Crippen molar-refractivity contribution in [3.05, 3.63) is 35.9 Å². The maximum absolute atomic E-state index is 13.1. The number of rotatable bonds is 6. The molecule has 156 valence electrons. The minimum atomic E-state index is -3.06. The summed E-state index contributed by atoms with van der Waals surface area (Å²) in [6.07, 6.45) is 2.43. The van der Waals surface area contributed by atoms with Gasteiger partial charge < -0.3 is 9.64 Å². The van der Waals surface area contributed by atoms with Gasteiger partial charge in [0.05, 0.1) is 33.9 Å². The first-order chi connectivity index (χ1) is 13.9. The second-order valence-corrected chi connectivity index (χ2v) is 11.0. The van der Waals surface area contributed by atoms with Crippen molar-refractivity contribution in [2.45, 2.75) is 43.4 Å². The summed E-state index contributed by atoms with van der Waals surface area (Å²) in [5, 5.41) is 1.92. The van der Waals surface area contributed by atoms with Gasteiger partial charge in [0.15, 0.2) is 9.84 Å². The number of aromatic nitrogens is 1. The van der Waals surface area contributed by atoms with Crippen molar-refractivity contribution < 1.29 is 17.9 Å². The summed E-state index contributed by atoms with van der Waals surface area (Å²) in [6, 6.07) is 9.72. The van der Waals surface area contributed by atoms with Gasteiger partial charge in [0.25, 0.3) is 0 Å². The van der Waals surface area contributed by atoms with Crippen LogP contribution in [0.25, 0.3) is 10.9 Å². The van der Waals surface area contributed by atoms with Gasteiger partial charge in [-0.2, -0.15) is 0 Å². The van der Waals surface area contributed by atoms with E-state index in [4.69, 9.17) is 4.74 Å². The first-order valence-electron chi connectivity index (χ1n) is 10.0. The number of carbonyl (C=O) groups is 1. The average molecular weight is 435 g/mol. The Morgan fingerprint density at radius 2 is 2.14 bits per heavy atom. The van der Waals surface area contributed by atoms with Crippen LogP contribution >= 0.6 is 11.8 Å². The Bertz CT molecular complexity index is 1000. The summed E-state index contributed by atoms with van der Waals surface area (Å²) in [7, 11) is -3.06. The quantitative estimate of drug-likeness (QED) is 0.651. The fourth-order valence-electron chi connectivity index (χ4n) is 4.09. The molecule has 2 saturated heterocycles. The van der Waals surface area contributed by atoms with Gasteiger partial charge in [-0.15, -0.1) is 0 Å². The lowest BCUT2D eigenvalue weighted by Gasteiger charge is -2.30. The lowest BCUT2D eigenvalue weighted by atomic mass is 10.1. The smallest absolute Gasteiger partial charge is 0.233 e. The lowest BCUT2D eigenvalue weighted by molar-refractivity contribution is -0.131. The predicted molar refractivity (Wildman–Crippen MR) is 115 cm³/mol. The van der Waals surface area contributed by atoms with Gasteiger partial charge in [0.1, 0.15) is 0 Å². The summed E-state index contributed by atoms with van der Waals surface area (Å²) >= 11 is 1.41. The minimum absolute atomic E-state index is 0.00768. The van der Waals surface area contributed by atoms with E-state index in [9.17, 15) is 13.2 Å². The van der Waals surface area contributed by atoms with Gasteiger partial charge in [-0.3, -0.25) is 4.79 Å². The maximum atomic E-state index is 13.1. The van der Waals surface area contributed by atoms with Crippen molar-refractivity contribution in [1.82, 2.24) is 9.88 Å². The molecule has 4 rings (SSSR count). The number of ether oxygens (including phenoxy) is 1. The highest BCUT2D eigenvalue weighted by atomic mass is 32.2. The highest BCUT2D eigenvalue weighted by molar-refractivity contribution is 7.99. The number of aryl methyl sites for hydroxylation is 1. The van der Waals surface area contributed by atoms with E-state index in [0.717, 1.165) is 34.3 Å². The van der Waals surface area contributed by atoms with Crippen LogP contribution in [0.3, 0.4) is 0 Å². The Morgan fingerprint density at radius 3 is 2.86 bits per heavy atom. The topological polar surface area (TPSA) is 76.6 Å². The molecular weight excluding hydrogens is 408 g/mol. The maximum Gasteiger partial charge on any atom is 0.233 e. The average Bonchev–Trinajstić information content (AvgIpc) is 3.33. The number of hydrogen-bond donors (Lipinski definition) is 0. The van der Waals surface area contributed by atoms with E-state index < -0.39 is 9.84 Å². The van der Waals surface area contributed by atoms with Gasteiger partial charge in [0, 0.05) is 24.6 Å². The molecule has 2 aliphatic rings. The largest absolute Gasteiger partial charge is 0.376 e. The molecule has 0 aliphatic carbocycles. The summed E-state index contributed by atoms with van der Waals surface area (Å²) in [6.45, 7) is 3.23. The van der Waals surface area contributed by atoms with Crippen LogP contribution in [-0.4, -0.2) is 66.8 Å². The molecule has 29 heavy (non-hydrogen) atoms. The second kappa shape index (κ2) is 8.62. The third kappa shape index (κ3) is 4.92. The molecule has 1 amide bonds. The monoisotopic (exact) mass is 434 g/mol. The van der Waals surface area contributed by atoms with E-state index in [-0.39, 0.29) is 35.3 Å². The number of nitrogens with zero attached hydrogens (tertiary/aromatic N) is 2. The summed E-state index contributed by atoms with van der Waals surface area (Å²) in [5.41, 5.74) is 2.05. The number of fused-ring (bicyclic) bond motifs is 1. The number of sulfone groups is 1. The van der Waals surface area contributed by atoms with E-state index in [1.165, 1.54) is 11.8 Å². The van der Waals surface area contributed by atoms with E-state index in [1.54, 1.807) is 4.90 Å². The highest BCUT2D eigenvalue weighted by Gasteiger charge is 2.36. The molecular formula is C21H26N2O4S2. The molecule has 1 aromatic carbocycles. The number of amides is 1. The molecule has 0 radical (unpaired) electrons. The molecule has 0 N–H and O–H groups in total. The Hall–Kier alpha value is -1.64. The van der Waals surface area contributed by atoms with Crippen LogP contribution in [0, 0.1) is 6.92 Å². The summed E-state index contributed by atoms with van der Waals surface area (Å²) < 4.78 is 29.6. The van der Waals surface area contributed by atoms with Crippen LogP contribution in [-0.2, 0) is 19.4 Å². The van der Waals surface area contributed by atoms with Crippen molar-refractivity contribution >= 4 is 38.4 Å². The van der Waals surface area contributed by atoms with Crippen molar-refractivity contribution in [3.8, 4) is 0 Å². The molecule has 3 heterocycles. The Morgan fingerprint density at radius 1 is 1.31 bits per heavy atom. The molecule has 0 bridgehead atoms. The van der Waals surface area contributed by atoms with Gasteiger partial charge in [-0.05, 0) is 43.9 Å². The van der Waals surface area contributed by atoms with E-state index >= 15 is 0 Å². The number of para-hydroxylation sites is 1. The molecule has 6 nitrogen and oxygen atoms in total. The van der Waals surface area contributed by atoms with Gasteiger partial charge in [0.2, 0.25) is 5.91 Å². The van der Waals surface area contributed by atoms with Crippen LogP contribution in [0.5, 0.6) is 0 Å². The standard InChI is InChI=1S/C21H26N2O4S2/c1-15-11-20(22-19-7-3-2-6-18(15)19)28-13-21(24)23(12-17-5-4-9-27-17)16-8-10-29(25,26)14-16/h2-3,6-7,11,16-17H,4-5,8-10,12-14H2,1H3/t16-,17-/m0/s1. The van der Waals surface area contributed by atoms with Crippen molar-refractivity contribution in [3.63, 3.8) is 0 Å². The molecule has 2 atom stereocenters. The Balaban J connectivity index is 1.47. The zero-order valence-corrected chi connectivity index (χ0v) is 18.2. The summed E-state index contributed by atoms with van der Waals surface area (Å²) in [5.74, 6) is 0.420. The van der Waals surface area contributed by atoms with E-state index in [2.05, 4.69) is 4.98 Å². The van der Waals surface area contributed by atoms with E-state index in [1.807, 2.05) is 37.3 Å². The molecule has 2 fully saturated rings. The van der Waals surface area contributed by atoms with Gasteiger partial charge in [-0.25, -0.2) is 13.4 Å². The van der Waals surface area contributed by atoms with Crippen LogP contribution in [0.2, 0.25) is 0 Å². The van der Waals surface area contributed by atoms with Crippen molar-refractivity contribution in [2.75, 3.05) is 30.4 Å². The Kier molecular flexibility index (Phi) is 6.13. The molecule has 0 unspecified atom stereocenters. The second-order valence-electron chi connectivity index (χ2n) is 7.82. The number of benzene rings is 1. The normalized spacial score (nSPS) is 23.5. The number of pyridine rings is 1. The third-order valence-electron chi connectivity index (χ3n) is 5.64. The van der Waals surface area contributed by atoms with Gasteiger partial charge >= 0.3 is 0 Å². The minimum Gasteiger partial charge on any atom is -0.376 e. The fraction of sp³-hybridized carbons (Fsp3) is 0.524. The molecule has 0 saturated carbocycles. The first-order valence-corrected chi connectivity index (χ1v) is 12.8. The van der Waals surface area contributed by atoms with Crippen molar-refractivity contribution in [2.24, 2.45) is 0 Å². The lowest BCUT2D eigenvalue weighted by Crippen LogP contribution is -2.46. The first kappa shape index (κ1) is 20.6. The molecule has 2 aromatic rings. The number of thioether (sulfide) groups is 1. The zero-order chi connectivity index (χ0) is 20.4. The molecule has 1 aromatic heterocycles. The molecule has 8 heteroatoms. The fourth-order valence-corrected chi connectivity index (χ4v) is 6.69. The van der Waals surface area contributed by atoms with Crippen LogP contribution in [0.15, 0.2) is 35.4 Å². The van der Waals surface area contributed by atoms with Gasteiger partial charge in [-0.1, -0.05) is 30.0 Å². The Labute approximate surface area is 175 Å². The number of hydrogen-bond acceptors (Lipinski definition) is 6. The van der Waals surface area contributed by atoms with Crippen molar-refractivity contribution in [1.29, 1.82) is 0 Å². The molecule has 0 spiro atoms. The number of carbonyl (C=O) groups excluding carboxylic acids is 1. The predicted octanol–water partition coefficient (Wildman–Crippen LogP) is 2.83. The van der Waals surface area contributed by atoms with Crippen LogP contribution in [0.4, 0.5) is 0 Å². The van der Waals surface area contributed by atoms with Crippen LogP contribution in [0.1, 0.15) is 24.8 Å². The zero-order valence-electron chi connectivity index (χ0n) is 16.5. The van der Waals surface area contributed by atoms with E-state index in [0.29, 0.717) is 19.6 Å². The SMILES string of the molecule is Cc1cc(SCC(=O)N(C[C@@H]2CCCO2)[C@H]2CCS(=O)(=O)C2)nc2ccccc12. The highest BCUT2D eigenvalue weighted by Crippen LogP contribution is 2.26. The van der Waals surface area contributed by atoms with Crippen LogP contribution < -0.4 is 0 Å². The third-order valence-corrected chi connectivity index (χ3v) is 8.28. The summed E-state index contributed by atoms with van der Waals surface area (Å²) in [4.78, 5) is 19.5. The molecule has 2 aliphatic heterocycles.